The minimum Gasteiger partial charge on any atom is -0.478 e. The highest BCUT2D eigenvalue weighted by molar-refractivity contribution is 5.97. The van der Waals surface area contributed by atoms with Crippen molar-refractivity contribution in [2.24, 2.45) is 0 Å². The molecule has 9 heteroatoms. The Morgan fingerprint density at radius 3 is 2.68 bits per heavy atom. The molecule has 0 radical (unpaired) electrons. The van der Waals surface area contributed by atoms with Crippen LogP contribution >= 0.6 is 0 Å². The first kappa shape index (κ1) is 17.7. The molecular formula is C19H11F2NO6. The van der Waals surface area contributed by atoms with Crippen molar-refractivity contribution >= 4 is 22.8 Å². The average molecular weight is 387 g/mol. The minimum absolute atomic E-state index is 0.0149. The molecule has 28 heavy (non-hydrogen) atoms. The summed E-state index contributed by atoms with van der Waals surface area (Å²) in [5, 5.41) is 8.88. The Bertz CT molecular complexity index is 1250. The number of nitrogens with zero attached hydrogens (tertiary/aromatic N) is 1. The highest BCUT2D eigenvalue weighted by atomic mass is 19.2. The van der Waals surface area contributed by atoms with Gasteiger partial charge >= 0.3 is 11.9 Å². The zero-order valence-electron chi connectivity index (χ0n) is 14.3. The molecular weight excluding hydrogens is 376 g/mol. The van der Waals surface area contributed by atoms with Crippen LogP contribution in [0.25, 0.3) is 16.6 Å². The van der Waals surface area contributed by atoms with E-state index in [0.29, 0.717) is 6.07 Å². The molecule has 1 aliphatic heterocycles. The lowest BCUT2D eigenvalue weighted by Gasteiger charge is -2.24. The number of carboxylic acids is 1. The van der Waals surface area contributed by atoms with E-state index < -0.39 is 34.8 Å². The van der Waals surface area contributed by atoms with Gasteiger partial charge in [0.05, 0.1) is 23.2 Å². The number of ether oxygens (including phenoxy) is 2. The van der Waals surface area contributed by atoms with Crippen molar-refractivity contribution in [3.05, 3.63) is 63.4 Å². The summed E-state index contributed by atoms with van der Waals surface area (Å²) < 4.78 is 40.0. The summed E-state index contributed by atoms with van der Waals surface area (Å²) >= 11 is 0. The van der Waals surface area contributed by atoms with E-state index >= 15 is 0 Å². The number of hydrogen-bond donors (Lipinski definition) is 1. The zero-order valence-corrected chi connectivity index (χ0v) is 14.3. The van der Waals surface area contributed by atoms with E-state index in [1.165, 1.54) is 16.7 Å². The fourth-order valence-corrected chi connectivity index (χ4v) is 3.08. The largest absolute Gasteiger partial charge is 0.478 e. The van der Waals surface area contributed by atoms with Crippen LogP contribution in [0.15, 0.2) is 35.3 Å². The molecule has 0 amide bonds. The molecule has 3 aromatic rings. The lowest BCUT2D eigenvalue weighted by molar-refractivity contribution is 0.0524. The number of fused-ring (bicyclic) bond motifs is 2. The number of aromatic nitrogens is 1. The van der Waals surface area contributed by atoms with Gasteiger partial charge in [0.25, 0.3) is 0 Å². The average Bonchev–Trinajstić information content (AvgIpc) is 2.67. The lowest BCUT2D eigenvalue weighted by Crippen LogP contribution is -2.22. The molecule has 0 unspecified atom stereocenters. The first-order chi connectivity index (χ1) is 13.3. The lowest BCUT2D eigenvalue weighted by atomic mass is 10.1. The minimum atomic E-state index is -1.34. The normalized spacial score (nSPS) is 11.7. The Morgan fingerprint density at radius 1 is 1.25 bits per heavy atom. The Balaban J connectivity index is 2.12. The summed E-state index contributed by atoms with van der Waals surface area (Å²) in [7, 11) is 0. The molecule has 1 aliphatic rings. The fourth-order valence-electron chi connectivity index (χ4n) is 3.08. The number of halogens is 2. The van der Waals surface area contributed by atoms with Crippen LogP contribution in [0, 0.1) is 11.6 Å². The zero-order chi connectivity index (χ0) is 20.2. The van der Waals surface area contributed by atoms with Crippen LogP contribution in [0.3, 0.4) is 0 Å². The van der Waals surface area contributed by atoms with E-state index in [1.54, 1.807) is 6.92 Å². The summed E-state index contributed by atoms with van der Waals surface area (Å²) in [5.74, 6) is -5.48. The van der Waals surface area contributed by atoms with Crippen LogP contribution in [0.4, 0.5) is 8.78 Å². The molecule has 0 aliphatic carbocycles. The number of carbonyl (C=O) groups is 2. The second kappa shape index (κ2) is 6.15. The molecule has 0 atom stereocenters. The van der Waals surface area contributed by atoms with Gasteiger partial charge in [0.2, 0.25) is 11.2 Å². The molecule has 0 bridgehead atoms. The Kier molecular flexibility index (Phi) is 3.88. The van der Waals surface area contributed by atoms with Crippen LogP contribution in [0.1, 0.15) is 27.6 Å². The van der Waals surface area contributed by atoms with E-state index in [4.69, 9.17) is 14.6 Å². The van der Waals surface area contributed by atoms with E-state index in [1.807, 2.05) is 0 Å². The molecule has 0 saturated heterocycles. The number of hydrogen-bond acceptors (Lipinski definition) is 5. The second-order valence-corrected chi connectivity index (χ2v) is 5.95. The predicted octanol–water partition coefficient (Wildman–Crippen LogP) is 3.25. The number of pyridine rings is 1. The van der Waals surface area contributed by atoms with E-state index in [-0.39, 0.29) is 40.1 Å². The number of carbonyl (C=O) groups excluding carboxylic acids is 1. The van der Waals surface area contributed by atoms with Gasteiger partial charge in [-0.25, -0.2) is 14.0 Å². The molecule has 0 saturated carbocycles. The van der Waals surface area contributed by atoms with Gasteiger partial charge in [0.15, 0.2) is 17.3 Å². The van der Waals surface area contributed by atoms with Crippen LogP contribution in [0.5, 0.6) is 11.5 Å². The Morgan fingerprint density at radius 2 is 2.00 bits per heavy atom. The maximum Gasteiger partial charge on any atom is 0.343 e. The van der Waals surface area contributed by atoms with Crippen molar-refractivity contribution in [1.29, 1.82) is 0 Å². The first-order valence-corrected chi connectivity index (χ1v) is 8.13. The molecule has 2 aromatic carbocycles. The van der Waals surface area contributed by atoms with Gasteiger partial charge in [-0.1, -0.05) is 0 Å². The molecule has 0 spiro atoms. The number of rotatable bonds is 3. The summed E-state index contributed by atoms with van der Waals surface area (Å²) in [5.41, 5.74) is -1.17. The monoisotopic (exact) mass is 387 g/mol. The van der Waals surface area contributed by atoms with Crippen molar-refractivity contribution in [1.82, 2.24) is 4.57 Å². The van der Waals surface area contributed by atoms with Gasteiger partial charge in [-0.2, -0.15) is 4.39 Å². The Labute approximate surface area is 155 Å². The number of aromatic carboxylic acids is 1. The third kappa shape index (κ3) is 2.43. The summed E-state index contributed by atoms with van der Waals surface area (Å²) in [4.78, 5) is 36.1. The fraction of sp³-hybridized carbons (Fsp3) is 0.105. The van der Waals surface area contributed by atoms with E-state index in [9.17, 15) is 23.2 Å². The van der Waals surface area contributed by atoms with Crippen molar-refractivity contribution in [2.75, 3.05) is 6.61 Å². The maximum atomic E-state index is 14.4. The van der Waals surface area contributed by atoms with Crippen LogP contribution in [0.2, 0.25) is 0 Å². The third-order valence-corrected chi connectivity index (χ3v) is 4.31. The standard InChI is InChI=1S/C19H11F2NO6/c1-2-27-19(26)10-7-22-12-4-3-8(18(24)25)5-13(12)28-17-14(21)11(20)6-9(15(17)22)16(10)23/h3-7H,2H2,1H3,(H,24,25). The van der Waals surface area contributed by atoms with Gasteiger partial charge < -0.3 is 19.1 Å². The highest BCUT2D eigenvalue weighted by Gasteiger charge is 2.29. The molecule has 4 rings (SSSR count). The molecule has 142 valence electrons. The molecule has 7 nitrogen and oxygen atoms in total. The van der Waals surface area contributed by atoms with Gasteiger partial charge in [0, 0.05) is 6.20 Å². The van der Waals surface area contributed by atoms with E-state index in [2.05, 4.69) is 0 Å². The number of esters is 1. The summed E-state index contributed by atoms with van der Waals surface area (Å²) in [6.07, 6.45) is 1.14. The summed E-state index contributed by atoms with van der Waals surface area (Å²) in [6.45, 7) is 1.57. The van der Waals surface area contributed by atoms with Crippen molar-refractivity contribution in [2.45, 2.75) is 6.92 Å². The summed E-state index contributed by atoms with van der Waals surface area (Å²) in [6, 6.07) is 4.49. The quantitative estimate of drug-likeness (QED) is 0.543. The number of benzene rings is 2. The predicted molar refractivity (Wildman–Crippen MR) is 92.5 cm³/mol. The molecule has 1 aromatic heterocycles. The van der Waals surface area contributed by atoms with E-state index in [0.717, 1.165) is 12.3 Å². The smallest absolute Gasteiger partial charge is 0.343 e. The third-order valence-electron chi connectivity index (χ3n) is 4.31. The Hall–Kier alpha value is -3.75. The SMILES string of the molecule is CCOC(=O)c1cn2c3c(c(F)c(F)cc3c1=O)Oc1cc(C(=O)O)ccc1-2. The van der Waals surface area contributed by atoms with Crippen molar-refractivity contribution < 1.29 is 33.0 Å². The topological polar surface area (TPSA) is 94.8 Å². The van der Waals surface area contributed by atoms with Gasteiger partial charge in [0.1, 0.15) is 11.1 Å². The van der Waals surface area contributed by atoms with Crippen LogP contribution < -0.4 is 10.2 Å². The molecule has 2 heterocycles. The molecule has 1 N–H and O–H groups in total. The first-order valence-electron chi connectivity index (χ1n) is 8.13. The molecule has 0 fully saturated rings. The van der Waals surface area contributed by atoms with Gasteiger partial charge in [-0.05, 0) is 31.2 Å². The van der Waals surface area contributed by atoms with Crippen LogP contribution in [-0.4, -0.2) is 28.2 Å². The van der Waals surface area contributed by atoms with Gasteiger partial charge in [-0.15, -0.1) is 0 Å². The van der Waals surface area contributed by atoms with Crippen LogP contribution in [-0.2, 0) is 4.74 Å². The van der Waals surface area contributed by atoms with Crippen molar-refractivity contribution in [3.8, 4) is 17.2 Å². The second-order valence-electron chi connectivity index (χ2n) is 5.95. The maximum absolute atomic E-state index is 14.4. The number of carboxylic acid groups (broad SMARTS) is 1. The van der Waals surface area contributed by atoms with Gasteiger partial charge in [-0.3, -0.25) is 4.79 Å². The van der Waals surface area contributed by atoms with Crippen molar-refractivity contribution in [3.63, 3.8) is 0 Å². The highest BCUT2D eigenvalue weighted by Crippen LogP contribution is 2.42.